The molecule has 0 spiro atoms. The Labute approximate surface area is 164 Å². The van der Waals surface area contributed by atoms with Crippen LogP contribution in [0.5, 0.6) is 0 Å². The van der Waals surface area contributed by atoms with E-state index in [1.54, 1.807) is 19.3 Å². The van der Waals surface area contributed by atoms with Gasteiger partial charge in [-0.05, 0) is 39.4 Å². The molecule has 1 aromatic rings. The standard InChI is InChI=1S/C19H29FN6O2/c1-21-15-5-8-26(7-4-14(15)20)18-22-6-3-17(23-18)24-19(27)28-16-10-13-9-12(16)11-25(13)2/h3,6,12-16,21H,4-5,7-11H2,1-2H3,(H,22,23,24,27)/t12?,13-,14-,15+,16+/m1/s1. The van der Waals surface area contributed by atoms with Crippen LogP contribution < -0.4 is 15.5 Å². The van der Waals surface area contributed by atoms with Crippen LogP contribution in [0, 0.1) is 5.92 Å². The number of likely N-dealkylation sites (tertiary alicyclic amines) is 1. The molecule has 0 aromatic carbocycles. The average Bonchev–Trinajstić information content (AvgIpc) is 3.16. The van der Waals surface area contributed by atoms with Crippen LogP contribution in [0.2, 0.25) is 0 Å². The lowest BCUT2D eigenvalue weighted by atomic mass is 10.1. The molecule has 1 aromatic heterocycles. The minimum Gasteiger partial charge on any atom is -0.446 e. The summed E-state index contributed by atoms with van der Waals surface area (Å²) in [5.41, 5.74) is 0. The third kappa shape index (κ3) is 4.05. The van der Waals surface area contributed by atoms with Gasteiger partial charge in [0.1, 0.15) is 18.1 Å². The molecule has 1 aliphatic carbocycles. The molecule has 4 rings (SSSR count). The number of amides is 1. The molecule has 1 amide bonds. The van der Waals surface area contributed by atoms with Gasteiger partial charge in [0.15, 0.2) is 0 Å². The van der Waals surface area contributed by atoms with Gasteiger partial charge in [0.2, 0.25) is 5.95 Å². The first-order chi connectivity index (χ1) is 13.5. The molecule has 3 heterocycles. The Morgan fingerprint density at radius 1 is 1.32 bits per heavy atom. The number of carbonyl (C=O) groups is 1. The Morgan fingerprint density at radius 3 is 2.86 bits per heavy atom. The summed E-state index contributed by atoms with van der Waals surface area (Å²) in [5.74, 6) is 1.33. The molecule has 2 aliphatic heterocycles. The lowest BCUT2D eigenvalue weighted by Gasteiger charge is -2.28. The fourth-order valence-corrected chi connectivity index (χ4v) is 4.71. The number of fused-ring (bicyclic) bond motifs is 2. The minimum absolute atomic E-state index is 0.0203. The van der Waals surface area contributed by atoms with Gasteiger partial charge in [-0.2, -0.15) is 4.98 Å². The van der Waals surface area contributed by atoms with Crippen molar-refractivity contribution < 1.29 is 13.9 Å². The van der Waals surface area contributed by atoms with E-state index in [1.165, 1.54) is 0 Å². The van der Waals surface area contributed by atoms with E-state index in [1.807, 2.05) is 4.90 Å². The van der Waals surface area contributed by atoms with Crippen molar-refractivity contribution in [2.45, 2.75) is 50.0 Å². The normalized spacial score (nSPS) is 33.0. The molecular weight excluding hydrogens is 363 g/mol. The van der Waals surface area contributed by atoms with E-state index in [0.29, 0.717) is 49.7 Å². The highest BCUT2D eigenvalue weighted by Crippen LogP contribution is 2.38. The molecule has 0 radical (unpaired) electrons. The second-order valence-electron chi connectivity index (χ2n) is 8.11. The van der Waals surface area contributed by atoms with Crippen LogP contribution in [0.1, 0.15) is 25.7 Å². The number of anilines is 2. The van der Waals surface area contributed by atoms with Crippen molar-refractivity contribution >= 4 is 17.9 Å². The van der Waals surface area contributed by atoms with Gasteiger partial charge >= 0.3 is 6.09 Å². The third-order valence-corrected chi connectivity index (χ3v) is 6.36. The van der Waals surface area contributed by atoms with E-state index in [4.69, 9.17) is 4.74 Å². The summed E-state index contributed by atoms with van der Waals surface area (Å²) in [5, 5.41) is 5.76. The van der Waals surface area contributed by atoms with Crippen molar-refractivity contribution in [3.63, 3.8) is 0 Å². The van der Waals surface area contributed by atoms with Gasteiger partial charge in [0, 0.05) is 50.3 Å². The van der Waals surface area contributed by atoms with E-state index in [-0.39, 0.29) is 12.1 Å². The quantitative estimate of drug-likeness (QED) is 0.806. The zero-order valence-corrected chi connectivity index (χ0v) is 16.5. The maximum Gasteiger partial charge on any atom is 0.413 e. The van der Waals surface area contributed by atoms with E-state index < -0.39 is 12.3 Å². The molecule has 2 N–H and O–H groups in total. The van der Waals surface area contributed by atoms with Gasteiger partial charge in [-0.3, -0.25) is 5.32 Å². The molecule has 154 valence electrons. The fourth-order valence-electron chi connectivity index (χ4n) is 4.71. The third-order valence-electron chi connectivity index (χ3n) is 6.36. The number of ether oxygens (including phenoxy) is 1. The Hall–Kier alpha value is -2.00. The molecule has 3 fully saturated rings. The molecule has 1 unspecified atom stereocenters. The summed E-state index contributed by atoms with van der Waals surface area (Å²) in [6, 6.07) is 2.02. The largest absolute Gasteiger partial charge is 0.446 e. The number of aromatic nitrogens is 2. The average molecular weight is 392 g/mol. The molecule has 3 aliphatic rings. The predicted molar refractivity (Wildman–Crippen MR) is 104 cm³/mol. The number of carbonyl (C=O) groups excluding carboxylic acids is 1. The SMILES string of the molecule is CN[C@H]1CCN(c2nccc(NC(=O)O[C@H]3C[C@H]4CC3CN4C)n2)CC[C@H]1F. The van der Waals surface area contributed by atoms with Gasteiger partial charge in [0.25, 0.3) is 0 Å². The van der Waals surface area contributed by atoms with Crippen LogP contribution in [-0.2, 0) is 4.74 Å². The summed E-state index contributed by atoms with van der Waals surface area (Å²) >= 11 is 0. The minimum atomic E-state index is -0.882. The molecule has 1 saturated carbocycles. The van der Waals surface area contributed by atoms with Crippen molar-refractivity contribution in [1.82, 2.24) is 20.2 Å². The summed E-state index contributed by atoms with van der Waals surface area (Å²) < 4.78 is 19.8. The molecule has 5 atom stereocenters. The van der Waals surface area contributed by atoms with Crippen molar-refractivity contribution in [3.05, 3.63) is 12.3 Å². The second-order valence-corrected chi connectivity index (χ2v) is 8.11. The van der Waals surface area contributed by atoms with Crippen LogP contribution in [0.4, 0.5) is 21.0 Å². The second kappa shape index (κ2) is 8.16. The summed E-state index contributed by atoms with van der Waals surface area (Å²) in [6.07, 6.45) is 3.34. The van der Waals surface area contributed by atoms with Crippen molar-refractivity contribution in [2.24, 2.45) is 5.92 Å². The first kappa shape index (κ1) is 19.3. The van der Waals surface area contributed by atoms with Gasteiger partial charge in [-0.25, -0.2) is 14.2 Å². The number of nitrogens with one attached hydrogen (secondary N) is 2. The van der Waals surface area contributed by atoms with Gasteiger partial charge in [0.05, 0.1) is 0 Å². The Kier molecular flexibility index (Phi) is 5.63. The number of alkyl halides is 1. The molecule has 2 saturated heterocycles. The van der Waals surface area contributed by atoms with Crippen molar-refractivity contribution in [3.8, 4) is 0 Å². The van der Waals surface area contributed by atoms with E-state index >= 15 is 0 Å². The molecule has 9 heteroatoms. The molecule has 8 nitrogen and oxygen atoms in total. The number of nitrogens with zero attached hydrogens (tertiary/aromatic N) is 4. The maximum absolute atomic E-state index is 14.1. The lowest BCUT2D eigenvalue weighted by Crippen LogP contribution is -2.37. The summed E-state index contributed by atoms with van der Waals surface area (Å²) in [6.45, 7) is 2.20. The van der Waals surface area contributed by atoms with Crippen LogP contribution >= 0.6 is 0 Å². The van der Waals surface area contributed by atoms with Crippen molar-refractivity contribution in [1.29, 1.82) is 0 Å². The lowest BCUT2D eigenvalue weighted by molar-refractivity contribution is 0.0585. The Balaban J connectivity index is 1.34. The highest BCUT2D eigenvalue weighted by molar-refractivity contribution is 5.83. The van der Waals surface area contributed by atoms with Gasteiger partial charge < -0.3 is 19.9 Å². The zero-order chi connectivity index (χ0) is 19.7. The highest BCUT2D eigenvalue weighted by atomic mass is 19.1. The molecule has 28 heavy (non-hydrogen) atoms. The molecular formula is C19H29FN6O2. The van der Waals surface area contributed by atoms with E-state index in [2.05, 4.69) is 32.5 Å². The van der Waals surface area contributed by atoms with Crippen LogP contribution in [0.15, 0.2) is 12.3 Å². The van der Waals surface area contributed by atoms with Crippen LogP contribution in [-0.4, -0.2) is 79.1 Å². The van der Waals surface area contributed by atoms with E-state index in [0.717, 1.165) is 19.4 Å². The highest BCUT2D eigenvalue weighted by Gasteiger charge is 2.45. The molecule has 2 bridgehead atoms. The van der Waals surface area contributed by atoms with Gasteiger partial charge in [-0.1, -0.05) is 0 Å². The number of hydrogen-bond donors (Lipinski definition) is 2. The smallest absolute Gasteiger partial charge is 0.413 e. The number of rotatable bonds is 4. The van der Waals surface area contributed by atoms with Crippen LogP contribution in [0.3, 0.4) is 0 Å². The van der Waals surface area contributed by atoms with Crippen LogP contribution in [0.25, 0.3) is 0 Å². The Morgan fingerprint density at radius 2 is 2.14 bits per heavy atom. The first-order valence-corrected chi connectivity index (χ1v) is 10.1. The monoisotopic (exact) mass is 392 g/mol. The number of piperidine rings is 1. The van der Waals surface area contributed by atoms with Crippen molar-refractivity contribution in [2.75, 3.05) is 43.9 Å². The summed E-state index contributed by atoms with van der Waals surface area (Å²) in [4.78, 5) is 25.4. The van der Waals surface area contributed by atoms with E-state index in [9.17, 15) is 9.18 Å². The topological polar surface area (TPSA) is 82.6 Å². The zero-order valence-electron chi connectivity index (χ0n) is 16.5. The number of halogens is 1. The number of hydrogen-bond acceptors (Lipinski definition) is 7. The Bertz CT molecular complexity index is 705. The summed E-state index contributed by atoms with van der Waals surface area (Å²) in [7, 11) is 3.91. The maximum atomic E-state index is 14.1. The predicted octanol–water partition coefficient (Wildman–Crippen LogP) is 1.64. The first-order valence-electron chi connectivity index (χ1n) is 10.1. The fraction of sp³-hybridized carbons (Fsp3) is 0.737. The van der Waals surface area contributed by atoms with Gasteiger partial charge in [-0.15, -0.1) is 0 Å².